The number of Topliss-reactive ketones (excluding diaryl/α,β-unsaturated/α-hetero) is 1. The van der Waals surface area contributed by atoms with Crippen molar-refractivity contribution in [2.24, 2.45) is 0 Å². The number of hydrogen-bond donors (Lipinski definition) is 3. The van der Waals surface area contributed by atoms with Crippen molar-refractivity contribution in [3.05, 3.63) is 23.8 Å². The molecule has 0 saturated carbocycles. The molecule has 0 radical (unpaired) electrons. The molecular formula is C8H8O6S2. The number of ketones is 1. The number of phenols is 2. The lowest BCUT2D eigenvalue weighted by molar-refractivity contribution is 0.102. The molecule has 0 amide bonds. The summed E-state index contributed by atoms with van der Waals surface area (Å²) < 4.78 is 29.1. The summed E-state index contributed by atoms with van der Waals surface area (Å²) in [5.74, 6) is -1.90. The molecule has 0 bridgehead atoms. The minimum absolute atomic E-state index is 0.0476. The van der Waals surface area contributed by atoms with Crippen molar-refractivity contribution >= 4 is 25.7 Å². The zero-order valence-electron chi connectivity index (χ0n) is 7.82. The summed E-state index contributed by atoms with van der Waals surface area (Å²) in [6.45, 7) is 0. The first-order valence-electron chi connectivity index (χ1n) is 3.96. The van der Waals surface area contributed by atoms with Crippen LogP contribution in [0.25, 0.3) is 0 Å². The Labute approximate surface area is 95.1 Å². The van der Waals surface area contributed by atoms with Crippen LogP contribution in [0.3, 0.4) is 0 Å². The summed E-state index contributed by atoms with van der Waals surface area (Å²) in [5.41, 5.74) is 0.0476. The molecule has 1 aromatic carbocycles. The molecule has 1 rings (SSSR count). The Kier molecular flexibility index (Phi) is 3.79. The fourth-order valence-electron chi connectivity index (χ4n) is 0.908. The van der Waals surface area contributed by atoms with Crippen LogP contribution in [0.1, 0.15) is 10.4 Å². The molecule has 0 aromatic heterocycles. The highest BCUT2D eigenvalue weighted by molar-refractivity contribution is 8.70. The average molecular weight is 264 g/mol. The molecule has 1 aromatic rings. The number of rotatable bonds is 4. The Morgan fingerprint density at radius 3 is 2.38 bits per heavy atom. The third-order valence-corrected chi connectivity index (χ3v) is 3.56. The van der Waals surface area contributed by atoms with Gasteiger partial charge in [0.25, 0.3) is 0 Å². The Bertz CT molecular complexity index is 507. The first-order chi connectivity index (χ1) is 7.29. The van der Waals surface area contributed by atoms with Crippen LogP contribution < -0.4 is 0 Å². The topological polar surface area (TPSA) is 112 Å². The van der Waals surface area contributed by atoms with Crippen molar-refractivity contribution in [1.82, 2.24) is 0 Å². The van der Waals surface area contributed by atoms with Gasteiger partial charge in [0.15, 0.2) is 17.3 Å². The van der Waals surface area contributed by atoms with Crippen molar-refractivity contribution in [2.75, 3.05) is 5.75 Å². The predicted octanol–water partition coefficient (Wildman–Crippen LogP) is 0.817. The maximum absolute atomic E-state index is 11.4. The molecule has 0 aliphatic heterocycles. The van der Waals surface area contributed by atoms with E-state index in [0.717, 1.165) is 12.1 Å². The number of phenolic OH excluding ortho intramolecular Hbond substituents is 2. The van der Waals surface area contributed by atoms with Crippen molar-refractivity contribution < 1.29 is 28.0 Å². The van der Waals surface area contributed by atoms with E-state index in [2.05, 4.69) is 0 Å². The van der Waals surface area contributed by atoms with Crippen LogP contribution >= 0.6 is 10.8 Å². The molecular weight excluding hydrogens is 256 g/mol. The van der Waals surface area contributed by atoms with Gasteiger partial charge in [-0.2, -0.15) is 8.42 Å². The highest BCUT2D eigenvalue weighted by Gasteiger charge is 2.13. The molecule has 0 heterocycles. The summed E-state index contributed by atoms with van der Waals surface area (Å²) >= 11 is 0. The maximum atomic E-state index is 11.4. The van der Waals surface area contributed by atoms with Gasteiger partial charge in [0.1, 0.15) is 0 Å². The maximum Gasteiger partial charge on any atom is 0.320 e. The Balaban J connectivity index is 2.78. The first-order valence-corrected chi connectivity index (χ1v) is 6.91. The summed E-state index contributed by atoms with van der Waals surface area (Å²) in [6, 6.07) is 3.37. The summed E-state index contributed by atoms with van der Waals surface area (Å²) in [5, 5.41) is 18.1. The van der Waals surface area contributed by atoms with Crippen LogP contribution in [-0.4, -0.2) is 34.7 Å². The summed E-state index contributed by atoms with van der Waals surface area (Å²) in [7, 11) is -4.18. The molecule has 0 fully saturated rings. The Hall–Kier alpha value is -1.25. The fraction of sp³-hybridized carbons (Fsp3) is 0.125. The lowest BCUT2D eigenvalue weighted by Gasteiger charge is -2.01. The number of carbonyl (C=O) groups is 1. The van der Waals surface area contributed by atoms with E-state index < -0.39 is 26.4 Å². The Morgan fingerprint density at radius 1 is 1.25 bits per heavy atom. The van der Waals surface area contributed by atoms with E-state index >= 15 is 0 Å². The van der Waals surface area contributed by atoms with E-state index in [1.54, 1.807) is 0 Å². The molecule has 3 N–H and O–H groups in total. The second-order valence-corrected chi connectivity index (χ2v) is 6.17. The molecule has 16 heavy (non-hydrogen) atoms. The van der Waals surface area contributed by atoms with Crippen molar-refractivity contribution in [3.63, 3.8) is 0 Å². The monoisotopic (exact) mass is 264 g/mol. The van der Waals surface area contributed by atoms with Gasteiger partial charge >= 0.3 is 9.15 Å². The largest absolute Gasteiger partial charge is 0.504 e. The van der Waals surface area contributed by atoms with Gasteiger partial charge < -0.3 is 10.2 Å². The standard InChI is InChI=1S/C8H8O6S2/c9-6-2-1-5(3-7(6)10)8(11)4-15-16(12,13)14/h1-3,9-10H,4H2,(H,12,13,14). The molecule has 0 aliphatic carbocycles. The molecule has 0 aliphatic rings. The van der Waals surface area contributed by atoms with Crippen molar-refractivity contribution in [2.45, 2.75) is 0 Å². The molecule has 88 valence electrons. The van der Waals surface area contributed by atoms with Gasteiger partial charge in [0.2, 0.25) is 0 Å². The SMILES string of the molecule is O=C(CSS(=O)(=O)O)c1ccc(O)c(O)c1. The highest BCUT2D eigenvalue weighted by atomic mass is 33.1. The lowest BCUT2D eigenvalue weighted by Crippen LogP contribution is -2.04. The number of aromatic hydroxyl groups is 2. The Morgan fingerprint density at radius 2 is 1.88 bits per heavy atom. The zero-order chi connectivity index (χ0) is 12.3. The van der Waals surface area contributed by atoms with E-state index in [4.69, 9.17) is 14.8 Å². The van der Waals surface area contributed by atoms with Crippen LogP contribution in [-0.2, 0) is 9.15 Å². The van der Waals surface area contributed by atoms with Gasteiger partial charge in [0.05, 0.1) is 5.75 Å². The lowest BCUT2D eigenvalue weighted by atomic mass is 10.1. The van der Waals surface area contributed by atoms with Gasteiger partial charge in [-0.05, 0) is 18.2 Å². The van der Waals surface area contributed by atoms with Gasteiger partial charge in [-0.15, -0.1) is 0 Å². The van der Waals surface area contributed by atoms with Gasteiger partial charge in [-0.25, -0.2) is 0 Å². The number of hydrogen-bond acceptors (Lipinski definition) is 6. The van der Waals surface area contributed by atoms with E-state index in [0.29, 0.717) is 0 Å². The van der Waals surface area contributed by atoms with Crippen molar-refractivity contribution in [3.8, 4) is 11.5 Å². The highest BCUT2D eigenvalue weighted by Crippen LogP contribution is 2.25. The average Bonchev–Trinajstić information content (AvgIpc) is 2.17. The van der Waals surface area contributed by atoms with Crippen molar-refractivity contribution in [1.29, 1.82) is 0 Å². The third-order valence-electron chi connectivity index (χ3n) is 1.64. The fourth-order valence-corrected chi connectivity index (χ4v) is 2.10. The molecule has 8 heteroatoms. The van der Waals surface area contributed by atoms with Crippen LogP contribution in [0.5, 0.6) is 11.5 Å². The van der Waals surface area contributed by atoms with E-state index in [-0.39, 0.29) is 22.1 Å². The van der Waals surface area contributed by atoms with Gasteiger partial charge in [0, 0.05) is 16.4 Å². The van der Waals surface area contributed by atoms with E-state index in [1.165, 1.54) is 6.07 Å². The first kappa shape index (κ1) is 12.8. The molecule has 0 spiro atoms. The minimum atomic E-state index is -4.26. The zero-order valence-corrected chi connectivity index (χ0v) is 9.46. The second kappa shape index (κ2) is 4.73. The van der Waals surface area contributed by atoms with Crippen LogP contribution in [0.2, 0.25) is 0 Å². The van der Waals surface area contributed by atoms with Crippen LogP contribution in [0, 0.1) is 0 Å². The van der Waals surface area contributed by atoms with Gasteiger partial charge in [-0.3, -0.25) is 9.35 Å². The summed E-state index contributed by atoms with van der Waals surface area (Å²) in [4.78, 5) is 11.4. The van der Waals surface area contributed by atoms with Crippen LogP contribution in [0.4, 0.5) is 0 Å². The quantitative estimate of drug-likeness (QED) is 0.319. The minimum Gasteiger partial charge on any atom is -0.504 e. The van der Waals surface area contributed by atoms with E-state index in [9.17, 15) is 13.2 Å². The molecule has 0 unspecified atom stereocenters. The number of benzene rings is 1. The van der Waals surface area contributed by atoms with Crippen LogP contribution in [0.15, 0.2) is 18.2 Å². The third kappa shape index (κ3) is 3.72. The molecule has 0 saturated heterocycles. The normalized spacial score (nSPS) is 11.3. The molecule has 6 nitrogen and oxygen atoms in total. The predicted molar refractivity (Wildman–Crippen MR) is 58.1 cm³/mol. The van der Waals surface area contributed by atoms with Gasteiger partial charge in [-0.1, -0.05) is 0 Å². The van der Waals surface area contributed by atoms with E-state index in [1.807, 2.05) is 0 Å². The number of carbonyl (C=O) groups excluding carboxylic acids is 1. The molecule has 0 atom stereocenters. The second-order valence-electron chi connectivity index (χ2n) is 2.82. The smallest absolute Gasteiger partial charge is 0.320 e. The summed E-state index contributed by atoms with van der Waals surface area (Å²) in [6.07, 6.45) is 0.